The Balaban J connectivity index is 1.93. The fourth-order valence-electron chi connectivity index (χ4n) is 3.17. The van der Waals surface area contributed by atoms with Gasteiger partial charge in [-0.25, -0.2) is 4.98 Å². The van der Waals surface area contributed by atoms with E-state index < -0.39 is 0 Å². The van der Waals surface area contributed by atoms with Crippen molar-refractivity contribution in [1.82, 2.24) is 14.8 Å². The van der Waals surface area contributed by atoms with Crippen LogP contribution in [0.1, 0.15) is 37.4 Å². The molecular formula is C10H15N3S. The average molecular weight is 209 g/mol. The summed E-state index contributed by atoms with van der Waals surface area (Å²) in [4.78, 5) is 4.43. The molecule has 4 heteroatoms. The number of aromatic amines is 1. The summed E-state index contributed by atoms with van der Waals surface area (Å²) >= 11 is 5.12. The van der Waals surface area contributed by atoms with E-state index in [-0.39, 0.29) is 0 Å². The summed E-state index contributed by atoms with van der Waals surface area (Å²) in [5, 5.41) is 3.27. The van der Waals surface area contributed by atoms with Crippen LogP contribution in [0.3, 0.4) is 0 Å². The smallest absolute Gasteiger partial charge is 0.215 e. The molecule has 76 valence electrons. The highest BCUT2D eigenvalue weighted by Crippen LogP contribution is 2.51. The van der Waals surface area contributed by atoms with E-state index in [0.29, 0.717) is 10.7 Å². The van der Waals surface area contributed by atoms with E-state index in [1.807, 2.05) is 11.7 Å². The molecule has 0 saturated heterocycles. The number of hydrogen-bond donors (Lipinski definition) is 1. The fourth-order valence-corrected chi connectivity index (χ4v) is 3.31. The number of rotatable bonds is 1. The maximum atomic E-state index is 5.12. The van der Waals surface area contributed by atoms with Crippen LogP contribution in [0.4, 0.5) is 0 Å². The summed E-state index contributed by atoms with van der Waals surface area (Å²) in [5.74, 6) is 3.64. The molecule has 0 aromatic carbocycles. The molecule has 1 aromatic heterocycles. The average Bonchev–Trinajstić information content (AvgIpc) is 2.82. The Bertz CT molecular complexity index is 406. The molecule has 3 nitrogen and oxygen atoms in total. The molecule has 1 heterocycles. The first kappa shape index (κ1) is 8.65. The van der Waals surface area contributed by atoms with Crippen LogP contribution in [-0.2, 0) is 7.05 Å². The van der Waals surface area contributed by atoms with Gasteiger partial charge >= 0.3 is 0 Å². The number of nitrogens with zero attached hydrogens (tertiary/aromatic N) is 2. The Morgan fingerprint density at radius 2 is 2.29 bits per heavy atom. The first-order valence-electron chi connectivity index (χ1n) is 5.37. The normalized spacial score (nSPS) is 35.4. The van der Waals surface area contributed by atoms with Gasteiger partial charge in [0.05, 0.1) is 0 Å². The molecule has 14 heavy (non-hydrogen) atoms. The van der Waals surface area contributed by atoms with Crippen LogP contribution in [0, 0.1) is 16.6 Å². The third-order valence-corrected chi connectivity index (χ3v) is 4.24. The van der Waals surface area contributed by atoms with Gasteiger partial charge in [-0.1, -0.05) is 6.42 Å². The van der Waals surface area contributed by atoms with E-state index in [1.165, 1.54) is 25.7 Å². The predicted molar refractivity (Wildman–Crippen MR) is 56.6 cm³/mol. The number of aromatic nitrogens is 3. The number of fused-ring (bicyclic) bond motifs is 2. The quantitative estimate of drug-likeness (QED) is 0.720. The zero-order chi connectivity index (χ0) is 9.71. The van der Waals surface area contributed by atoms with Crippen LogP contribution < -0.4 is 0 Å². The molecule has 3 unspecified atom stereocenters. The summed E-state index contributed by atoms with van der Waals surface area (Å²) in [6.45, 7) is 0. The third kappa shape index (κ3) is 1.16. The fraction of sp³-hybridized carbons (Fsp3) is 0.800. The third-order valence-electron chi connectivity index (χ3n) is 3.87. The van der Waals surface area contributed by atoms with Gasteiger partial charge in [0.15, 0.2) is 0 Å². The standard InChI is InChI=1S/C10H15N3S/c1-13-10(14)11-9(12-13)8-5-6-2-3-7(8)4-6/h6-8H,2-5H2,1H3,(H,11,12,14). The zero-order valence-corrected chi connectivity index (χ0v) is 9.18. The summed E-state index contributed by atoms with van der Waals surface area (Å²) in [5.41, 5.74) is 0. The van der Waals surface area contributed by atoms with Crippen LogP contribution in [0.15, 0.2) is 0 Å². The first-order valence-corrected chi connectivity index (χ1v) is 5.78. The van der Waals surface area contributed by atoms with Gasteiger partial charge in [0.2, 0.25) is 4.77 Å². The van der Waals surface area contributed by atoms with Crippen molar-refractivity contribution >= 4 is 12.2 Å². The topological polar surface area (TPSA) is 33.6 Å². The second-order valence-corrected chi connectivity index (χ2v) is 5.10. The van der Waals surface area contributed by atoms with Crippen LogP contribution >= 0.6 is 12.2 Å². The Hall–Kier alpha value is -0.640. The van der Waals surface area contributed by atoms with Crippen molar-refractivity contribution in [3.05, 3.63) is 10.6 Å². The summed E-state index contributed by atoms with van der Waals surface area (Å²) in [6.07, 6.45) is 5.58. The van der Waals surface area contributed by atoms with Crippen LogP contribution in [0.5, 0.6) is 0 Å². The highest BCUT2D eigenvalue weighted by Gasteiger charge is 2.41. The summed E-state index contributed by atoms with van der Waals surface area (Å²) in [7, 11) is 1.94. The Morgan fingerprint density at radius 3 is 2.79 bits per heavy atom. The molecule has 2 aliphatic rings. The molecule has 1 aromatic rings. The second kappa shape index (κ2) is 2.92. The van der Waals surface area contributed by atoms with Crippen molar-refractivity contribution in [2.45, 2.75) is 31.6 Å². The Kier molecular flexibility index (Phi) is 1.81. The second-order valence-electron chi connectivity index (χ2n) is 4.73. The zero-order valence-electron chi connectivity index (χ0n) is 8.36. The lowest BCUT2D eigenvalue weighted by molar-refractivity contribution is 0.404. The van der Waals surface area contributed by atoms with Gasteiger partial charge in [-0.3, -0.25) is 9.78 Å². The van der Waals surface area contributed by atoms with Gasteiger partial charge in [-0.2, -0.15) is 0 Å². The van der Waals surface area contributed by atoms with Crippen molar-refractivity contribution in [2.24, 2.45) is 18.9 Å². The van der Waals surface area contributed by atoms with Crippen LogP contribution in [0.2, 0.25) is 0 Å². The molecular weight excluding hydrogens is 194 g/mol. The van der Waals surface area contributed by atoms with Crippen molar-refractivity contribution < 1.29 is 0 Å². The number of nitrogens with one attached hydrogen (secondary N) is 1. The predicted octanol–water partition coefficient (Wildman–Crippen LogP) is 2.38. The molecule has 2 bridgehead atoms. The van der Waals surface area contributed by atoms with Gasteiger partial charge in [-0.15, -0.1) is 0 Å². The maximum Gasteiger partial charge on any atom is 0.215 e. The molecule has 3 atom stereocenters. The Morgan fingerprint density at radius 1 is 1.43 bits per heavy atom. The van der Waals surface area contributed by atoms with Crippen molar-refractivity contribution in [3.63, 3.8) is 0 Å². The van der Waals surface area contributed by atoms with Gasteiger partial charge in [-0.05, 0) is 43.3 Å². The van der Waals surface area contributed by atoms with E-state index in [9.17, 15) is 0 Å². The lowest BCUT2D eigenvalue weighted by atomic mass is 9.88. The maximum absolute atomic E-state index is 5.12. The highest BCUT2D eigenvalue weighted by atomic mass is 32.1. The monoisotopic (exact) mass is 209 g/mol. The molecule has 2 saturated carbocycles. The SMILES string of the molecule is Cn1[nH]c(C2CC3CCC2C3)nc1=S. The molecule has 0 aliphatic heterocycles. The van der Waals surface area contributed by atoms with Gasteiger partial charge in [0, 0.05) is 13.0 Å². The van der Waals surface area contributed by atoms with Crippen molar-refractivity contribution in [1.29, 1.82) is 0 Å². The Labute approximate surface area is 88.5 Å². The minimum atomic E-state index is 0.664. The minimum Gasteiger partial charge on any atom is -0.283 e. The molecule has 3 rings (SSSR count). The summed E-state index contributed by atoms with van der Waals surface area (Å²) < 4.78 is 2.53. The van der Waals surface area contributed by atoms with E-state index in [2.05, 4.69) is 10.1 Å². The number of aryl methyl sites for hydroxylation is 1. The number of hydrogen-bond acceptors (Lipinski definition) is 2. The van der Waals surface area contributed by atoms with Crippen molar-refractivity contribution in [3.8, 4) is 0 Å². The molecule has 0 radical (unpaired) electrons. The molecule has 2 fully saturated rings. The van der Waals surface area contributed by atoms with E-state index in [1.54, 1.807) is 0 Å². The van der Waals surface area contributed by atoms with Crippen LogP contribution in [0.25, 0.3) is 0 Å². The largest absolute Gasteiger partial charge is 0.283 e. The van der Waals surface area contributed by atoms with Crippen molar-refractivity contribution in [2.75, 3.05) is 0 Å². The molecule has 1 N–H and O–H groups in total. The van der Waals surface area contributed by atoms with E-state index >= 15 is 0 Å². The van der Waals surface area contributed by atoms with Gasteiger partial charge in [0.1, 0.15) is 5.82 Å². The lowest BCUT2D eigenvalue weighted by Gasteiger charge is -2.18. The molecule has 0 spiro atoms. The summed E-state index contributed by atoms with van der Waals surface area (Å²) in [6, 6.07) is 0. The molecule has 2 aliphatic carbocycles. The molecule has 0 amide bonds. The number of H-pyrrole nitrogens is 1. The first-order chi connectivity index (χ1) is 6.74. The highest BCUT2D eigenvalue weighted by molar-refractivity contribution is 7.71. The van der Waals surface area contributed by atoms with Crippen LogP contribution in [-0.4, -0.2) is 14.8 Å². The van der Waals surface area contributed by atoms with Gasteiger partial charge in [0.25, 0.3) is 0 Å². The van der Waals surface area contributed by atoms with Gasteiger partial charge < -0.3 is 0 Å². The van der Waals surface area contributed by atoms with E-state index in [0.717, 1.165) is 17.7 Å². The van der Waals surface area contributed by atoms with E-state index in [4.69, 9.17) is 12.2 Å². The lowest BCUT2D eigenvalue weighted by Crippen LogP contribution is -2.10. The minimum absolute atomic E-state index is 0.664.